The van der Waals surface area contributed by atoms with Crippen molar-refractivity contribution in [3.63, 3.8) is 0 Å². The van der Waals surface area contributed by atoms with E-state index in [1.807, 2.05) is 30.3 Å². The number of aliphatic hydroxyl groups excluding tert-OH is 1. The molecule has 0 unspecified atom stereocenters. The average Bonchev–Trinajstić information content (AvgIpc) is 3.25. The highest BCUT2D eigenvalue weighted by Gasteiger charge is 2.33. The van der Waals surface area contributed by atoms with E-state index in [1.165, 1.54) is 6.08 Å². The predicted octanol–water partition coefficient (Wildman–Crippen LogP) is 0.608. The van der Waals surface area contributed by atoms with Gasteiger partial charge < -0.3 is 15.7 Å². The Morgan fingerprint density at radius 2 is 2.07 bits per heavy atom. The molecular weight excluding hydrogens is 372 g/mol. The number of hydrogen-bond acceptors (Lipinski definition) is 6. The Kier molecular flexibility index (Phi) is 7.46. The maximum Gasteiger partial charge on any atom is 0.244 e. The van der Waals surface area contributed by atoms with Crippen LogP contribution in [0.15, 0.2) is 36.4 Å². The van der Waals surface area contributed by atoms with Gasteiger partial charge in [0.1, 0.15) is 0 Å². The number of H-pyrrole nitrogens is 1. The van der Waals surface area contributed by atoms with Gasteiger partial charge in [-0.15, -0.1) is 10.2 Å². The summed E-state index contributed by atoms with van der Waals surface area (Å²) >= 11 is 0. The fourth-order valence-electron chi connectivity index (χ4n) is 3.41. The second-order valence-corrected chi connectivity index (χ2v) is 7.16. The summed E-state index contributed by atoms with van der Waals surface area (Å²) in [6.45, 7) is 0.518. The summed E-state index contributed by atoms with van der Waals surface area (Å²) in [7, 11) is 0. The van der Waals surface area contributed by atoms with Gasteiger partial charge >= 0.3 is 0 Å². The van der Waals surface area contributed by atoms with Gasteiger partial charge in [0.05, 0.1) is 12.1 Å². The topological polar surface area (TPSA) is 133 Å². The number of carbonyl (C=O) groups is 2. The number of nitrogens with zero attached hydrogens (tertiary/aromatic N) is 3. The third kappa shape index (κ3) is 6.49. The second kappa shape index (κ2) is 10.5. The zero-order chi connectivity index (χ0) is 20.5. The molecule has 1 aliphatic rings. The summed E-state index contributed by atoms with van der Waals surface area (Å²) in [5.74, 6) is 0.0589. The van der Waals surface area contributed by atoms with Crippen molar-refractivity contribution in [1.29, 1.82) is 0 Å². The number of benzene rings is 1. The zero-order valence-corrected chi connectivity index (χ0v) is 16.1. The van der Waals surface area contributed by atoms with Gasteiger partial charge in [0, 0.05) is 25.0 Å². The van der Waals surface area contributed by atoms with Crippen LogP contribution in [0, 0.1) is 5.92 Å². The van der Waals surface area contributed by atoms with Crippen LogP contribution in [-0.4, -0.2) is 56.2 Å². The van der Waals surface area contributed by atoms with Gasteiger partial charge in [-0.1, -0.05) is 35.5 Å². The number of aromatic amines is 1. The monoisotopic (exact) mass is 398 g/mol. The molecule has 1 aliphatic carbocycles. The van der Waals surface area contributed by atoms with Gasteiger partial charge in [-0.2, -0.15) is 5.21 Å². The molecule has 1 fully saturated rings. The van der Waals surface area contributed by atoms with Crippen molar-refractivity contribution in [3.05, 3.63) is 47.8 Å². The van der Waals surface area contributed by atoms with E-state index in [0.29, 0.717) is 44.5 Å². The molecule has 29 heavy (non-hydrogen) atoms. The average molecular weight is 398 g/mol. The van der Waals surface area contributed by atoms with Crippen LogP contribution in [-0.2, 0) is 16.0 Å². The van der Waals surface area contributed by atoms with Crippen molar-refractivity contribution in [3.8, 4) is 0 Å². The quantitative estimate of drug-likeness (QED) is 0.380. The lowest BCUT2D eigenvalue weighted by atomic mass is 9.83. The van der Waals surface area contributed by atoms with Crippen LogP contribution in [0.4, 0.5) is 0 Å². The molecule has 1 heterocycles. The van der Waals surface area contributed by atoms with E-state index in [0.717, 1.165) is 5.56 Å². The van der Waals surface area contributed by atoms with E-state index in [1.54, 1.807) is 6.08 Å². The van der Waals surface area contributed by atoms with Crippen LogP contribution in [0.1, 0.15) is 37.1 Å². The molecule has 0 saturated heterocycles. The summed E-state index contributed by atoms with van der Waals surface area (Å²) < 4.78 is 0. The Morgan fingerprint density at radius 3 is 2.79 bits per heavy atom. The highest BCUT2D eigenvalue weighted by Crippen LogP contribution is 2.25. The predicted molar refractivity (Wildman–Crippen MR) is 106 cm³/mol. The van der Waals surface area contributed by atoms with E-state index in [-0.39, 0.29) is 23.8 Å². The first-order valence-corrected chi connectivity index (χ1v) is 9.83. The standard InChI is InChI=1S/C20H26N6O3/c27-17-13-15(20(29)21-12-4-7-18-23-25-26-24-18)9-10-16(17)22-19(28)11-8-14-5-2-1-3-6-14/h1-3,5-6,8,11,15-17,27H,4,7,9-10,12-13H2,(H,21,29)(H,22,28)(H,23,24,25,26)/t15-,16+,17+/m0/s1. The molecule has 3 atom stereocenters. The number of nitrogens with one attached hydrogen (secondary N) is 3. The molecule has 154 valence electrons. The molecule has 0 radical (unpaired) electrons. The highest BCUT2D eigenvalue weighted by atomic mass is 16.3. The molecule has 0 spiro atoms. The first-order chi connectivity index (χ1) is 14.1. The number of hydrogen-bond donors (Lipinski definition) is 4. The number of aromatic nitrogens is 4. The molecule has 9 heteroatoms. The van der Waals surface area contributed by atoms with Crippen molar-refractivity contribution in [2.45, 2.75) is 44.2 Å². The summed E-state index contributed by atoms with van der Waals surface area (Å²) in [5, 5.41) is 29.7. The molecular formula is C20H26N6O3. The maximum absolute atomic E-state index is 12.3. The van der Waals surface area contributed by atoms with E-state index in [4.69, 9.17) is 0 Å². The van der Waals surface area contributed by atoms with E-state index in [2.05, 4.69) is 31.3 Å². The van der Waals surface area contributed by atoms with Gasteiger partial charge in [0.25, 0.3) is 0 Å². The SMILES string of the molecule is O=C(C=Cc1ccccc1)N[C@@H]1CC[C@H](C(=O)NCCCc2nn[nH]n2)C[C@H]1O. The minimum atomic E-state index is -0.743. The molecule has 4 N–H and O–H groups in total. The third-order valence-electron chi connectivity index (χ3n) is 5.01. The lowest BCUT2D eigenvalue weighted by molar-refractivity contribution is -0.127. The number of amides is 2. The van der Waals surface area contributed by atoms with E-state index in [9.17, 15) is 14.7 Å². The first-order valence-electron chi connectivity index (χ1n) is 9.83. The largest absolute Gasteiger partial charge is 0.391 e. The van der Waals surface area contributed by atoms with Gasteiger partial charge in [0.2, 0.25) is 11.8 Å². The normalized spacial score (nSPS) is 21.8. The number of aryl methyl sites for hydroxylation is 1. The minimum absolute atomic E-state index is 0.0640. The van der Waals surface area contributed by atoms with Crippen LogP contribution in [0.2, 0.25) is 0 Å². The molecule has 1 saturated carbocycles. The van der Waals surface area contributed by atoms with Crippen molar-refractivity contribution < 1.29 is 14.7 Å². The van der Waals surface area contributed by atoms with Crippen LogP contribution < -0.4 is 10.6 Å². The summed E-state index contributed by atoms with van der Waals surface area (Å²) in [4.78, 5) is 24.4. The van der Waals surface area contributed by atoms with Crippen LogP contribution >= 0.6 is 0 Å². The Morgan fingerprint density at radius 1 is 1.24 bits per heavy atom. The van der Waals surface area contributed by atoms with Gasteiger partial charge in [-0.3, -0.25) is 9.59 Å². The molecule has 1 aromatic carbocycles. The first kappa shape index (κ1) is 20.7. The Labute approximate surface area is 169 Å². The van der Waals surface area contributed by atoms with Crippen LogP contribution in [0.5, 0.6) is 0 Å². The molecule has 0 aliphatic heterocycles. The number of rotatable bonds is 8. The molecule has 0 bridgehead atoms. The molecule has 1 aromatic heterocycles. The van der Waals surface area contributed by atoms with Gasteiger partial charge in [-0.05, 0) is 37.3 Å². The fourth-order valence-corrected chi connectivity index (χ4v) is 3.41. The lowest BCUT2D eigenvalue weighted by Crippen LogP contribution is -2.48. The van der Waals surface area contributed by atoms with Crippen LogP contribution in [0.25, 0.3) is 6.08 Å². The second-order valence-electron chi connectivity index (χ2n) is 7.16. The van der Waals surface area contributed by atoms with E-state index >= 15 is 0 Å². The zero-order valence-electron chi connectivity index (χ0n) is 16.1. The number of aliphatic hydroxyl groups is 1. The summed E-state index contributed by atoms with van der Waals surface area (Å²) in [6, 6.07) is 9.19. The smallest absolute Gasteiger partial charge is 0.244 e. The van der Waals surface area contributed by atoms with Crippen molar-refractivity contribution in [1.82, 2.24) is 31.3 Å². The molecule has 3 rings (SSSR count). The fraction of sp³-hybridized carbons (Fsp3) is 0.450. The van der Waals surface area contributed by atoms with E-state index < -0.39 is 6.10 Å². The van der Waals surface area contributed by atoms with Crippen LogP contribution in [0.3, 0.4) is 0 Å². The van der Waals surface area contributed by atoms with Gasteiger partial charge in [0.15, 0.2) is 5.82 Å². The van der Waals surface area contributed by atoms with Gasteiger partial charge in [-0.25, -0.2) is 0 Å². The highest BCUT2D eigenvalue weighted by molar-refractivity contribution is 5.92. The number of tetrazole rings is 1. The Hall–Kier alpha value is -3.07. The Bertz CT molecular complexity index is 809. The van der Waals surface area contributed by atoms with Crippen molar-refractivity contribution in [2.75, 3.05) is 6.54 Å². The van der Waals surface area contributed by atoms with Crippen molar-refractivity contribution >= 4 is 17.9 Å². The molecule has 9 nitrogen and oxygen atoms in total. The van der Waals surface area contributed by atoms with Crippen molar-refractivity contribution in [2.24, 2.45) is 5.92 Å². The molecule has 2 aromatic rings. The number of carbonyl (C=O) groups excluding carboxylic acids is 2. The summed E-state index contributed by atoms with van der Waals surface area (Å²) in [5.41, 5.74) is 0.933. The minimum Gasteiger partial charge on any atom is -0.391 e. The Balaban J connectivity index is 1.37. The lowest BCUT2D eigenvalue weighted by Gasteiger charge is -2.32. The summed E-state index contributed by atoms with van der Waals surface area (Å²) in [6.07, 6.45) is 5.33. The molecule has 2 amide bonds. The maximum atomic E-state index is 12.3. The third-order valence-corrected chi connectivity index (χ3v) is 5.01.